The molecule has 1 aliphatic heterocycles. The van der Waals surface area contributed by atoms with E-state index in [2.05, 4.69) is 0 Å². The second kappa shape index (κ2) is 8.88. The van der Waals surface area contributed by atoms with Gasteiger partial charge in [-0.25, -0.2) is 0 Å². The third-order valence-corrected chi connectivity index (χ3v) is 6.37. The Morgan fingerprint density at radius 2 is 1.71 bits per heavy atom. The number of carbonyl (C=O) groups excluding carboxylic acids is 1. The Morgan fingerprint density at radius 3 is 2.44 bits per heavy atom. The van der Waals surface area contributed by atoms with E-state index < -0.39 is 6.04 Å². The van der Waals surface area contributed by atoms with Crippen LogP contribution in [0.1, 0.15) is 33.3 Å². The molecule has 6 nitrogen and oxygen atoms in total. The molecule has 4 aromatic rings. The summed E-state index contributed by atoms with van der Waals surface area (Å²) >= 11 is 6.15. The highest BCUT2D eigenvalue weighted by molar-refractivity contribution is 6.31. The molecule has 5 rings (SSSR count). The van der Waals surface area contributed by atoms with Crippen molar-refractivity contribution in [3.05, 3.63) is 104 Å². The number of ether oxygens (including phenoxy) is 2. The van der Waals surface area contributed by atoms with Crippen molar-refractivity contribution in [1.29, 1.82) is 0 Å². The van der Waals surface area contributed by atoms with E-state index in [0.717, 1.165) is 16.9 Å². The highest BCUT2D eigenvalue weighted by Crippen LogP contribution is 2.39. The molecule has 172 valence electrons. The third-order valence-electron chi connectivity index (χ3n) is 6.14. The number of carbonyl (C=O) groups is 1. The van der Waals surface area contributed by atoms with Crippen LogP contribution in [0, 0.1) is 0 Å². The Hall–Kier alpha value is -3.77. The van der Waals surface area contributed by atoms with Crippen molar-refractivity contribution in [2.75, 3.05) is 20.8 Å². The van der Waals surface area contributed by atoms with Gasteiger partial charge in [-0.05, 0) is 60.0 Å². The van der Waals surface area contributed by atoms with Crippen LogP contribution in [0.5, 0.6) is 11.5 Å². The minimum absolute atomic E-state index is 0.0716. The molecule has 1 aliphatic rings. The van der Waals surface area contributed by atoms with Crippen LogP contribution in [0.15, 0.2) is 75.9 Å². The summed E-state index contributed by atoms with van der Waals surface area (Å²) in [6.45, 7) is 0.397. The highest BCUT2D eigenvalue weighted by Gasteiger charge is 2.42. The SMILES string of the molecule is COc1ccc(CCN2C(=O)c3oc4ccc(Cl)cc4c(=O)c3[C@H]2c2cccc(OC)c2)cc1. The predicted octanol–water partition coefficient (Wildman–Crippen LogP) is 5.25. The molecule has 1 atom stereocenters. The summed E-state index contributed by atoms with van der Waals surface area (Å²) < 4.78 is 16.6. The maximum Gasteiger partial charge on any atom is 0.290 e. The molecule has 0 spiro atoms. The molecule has 0 saturated carbocycles. The molecule has 0 aliphatic carbocycles. The van der Waals surface area contributed by atoms with Crippen molar-refractivity contribution in [2.45, 2.75) is 12.5 Å². The average molecular weight is 476 g/mol. The zero-order valence-corrected chi connectivity index (χ0v) is 19.5. The minimum atomic E-state index is -0.601. The fraction of sp³-hybridized carbons (Fsp3) is 0.185. The Kier molecular flexibility index (Phi) is 5.75. The third kappa shape index (κ3) is 3.80. The number of halogens is 1. The van der Waals surface area contributed by atoms with Gasteiger partial charge in [0.2, 0.25) is 5.76 Å². The number of benzene rings is 3. The van der Waals surface area contributed by atoms with Crippen molar-refractivity contribution in [1.82, 2.24) is 4.90 Å². The lowest BCUT2D eigenvalue weighted by atomic mass is 9.98. The summed E-state index contributed by atoms with van der Waals surface area (Å²) in [5.74, 6) is 1.16. The van der Waals surface area contributed by atoms with Crippen LogP contribution in [-0.2, 0) is 6.42 Å². The van der Waals surface area contributed by atoms with E-state index in [1.54, 1.807) is 37.3 Å². The zero-order valence-electron chi connectivity index (χ0n) is 18.7. The summed E-state index contributed by atoms with van der Waals surface area (Å²) in [5.41, 5.74) is 2.22. The molecule has 0 unspecified atom stereocenters. The molecule has 3 aromatic carbocycles. The van der Waals surface area contributed by atoms with Gasteiger partial charge in [-0.15, -0.1) is 0 Å². The van der Waals surface area contributed by atoms with Crippen molar-refractivity contribution in [3.8, 4) is 11.5 Å². The largest absolute Gasteiger partial charge is 0.497 e. The van der Waals surface area contributed by atoms with Crippen LogP contribution in [0.4, 0.5) is 0 Å². The lowest BCUT2D eigenvalue weighted by Gasteiger charge is -2.25. The smallest absolute Gasteiger partial charge is 0.290 e. The van der Waals surface area contributed by atoms with Gasteiger partial charge in [-0.1, -0.05) is 35.9 Å². The quantitative estimate of drug-likeness (QED) is 0.381. The molecule has 0 N–H and O–H groups in total. The first-order valence-electron chi connectivity index (χ1n) is 10.8. The number of fused-ring (bicyclic) bond motifs is 2. The van der Waals surface area contributed by atoms with Gasteiger partial charge in [0.25, 0.3) is 5.91 Å². The fourth-order valence-corrected chi connectivity index (χ4v) is 4.60. The zero-order chi connectivity index (χ0) is 23.8. The van der Waals surface area contributed by atoms with Gasteiger partial charge in [-0.2, -0.15) is 0 Å². The van der Waals surface area contributed by atoms with Gasteiger partial charge in [0, 0.05) is 11.6 Å². The van der Waals surface area contributed by atoms with Crippen LogP contribution >= 0.6 is 11.6 Å². The first-order chi connectivity index (χ1) is 16.5. The molecule has 2 heterocycles. The lowest BCUT2D eigenvalue weighted by Crippen LogP contribution is -2.31. The van der Waals surface area contributed by atoms with E-state index in [0.29, 0.717) is 40.3 Å². The van der Waals surface area contributed by atoms with E-state index >= 15 is 0 Å². The van der Waals surface area contributed by atoms with Crippen molar-refractivity contribution < 1.29 is 18.7 Å². The topological polar surface area (TPSA) is 69.0 Å². The van der Waals surface area contributed by atoms with Crippen LogP contribution in [0.25, 0.3) is 11.0 Å². The minimum Gasteiger partial charge on any atom is -0.497 e. The monoisotopic (exact) mass is 475 g/mol. The molecule has 1 aromatic heterocycles. The summed E-state index contributed by atoms with van der Waals surface area (Å²) in [6, 6.07) is 19.3. The average Bonchev–Trinajstić information content (AvgIpc) is 3.15. The second-order valence-corrected chi connectivity index (χ2v) is 8.53. The number of rotatable bonds is 6. The van der Waals surface area contributed by atoms with E-state index in [9.17, 15) is 9.59 Å². The van der Waals surface area contributed by atoms with Crippen molar-refractivity contribution >= 4 is 28.5 Å². The fourth-order valence-electron chi connectivity index (χ4n) is 4.42. The molecule has 7 heteroatoms. The Morgan fingerprint density at radius 1 is 0.941 bits per heavy atom. The van der Waals surface area contributed by atoms with E-state index in [-0.39, 0.29) is 17.1 Å². The first kappa shape index (κ1) is 22.0. The van der Waals surface area contributed by atoms with Gasteiger partial charge < -0.3 is 18.8 Å². The van der Waals surface area contributed by atoms with Crippen molar-refractivity contribution in [3.63, 3.8) is 0 Å². The van der Waals surface area contributed by atoms with Gasteiger partial charge in [0.05, 0.1) is 31.2 Å². The predicted molar refractivity (Wildman–Crippen MR) is 130 cm³/mol. The first-order valence-corrected chi connectivity index (χ1v) is 11.2. The van der Waals surface area contributed by atoms with Crippen LogP contribution in [0.3, 0.4) is 0 Å². The molecule has 34 heavy (non-hydrogen) atoms. The normalized spacial score (nSPS) is 15.0. The Bertz CT molecular complexity index is 1440. The molecule has 0 radical (unpaired) electrons. The van der Waals surface area contributed by atoms with E-state index in [4.69, 9.17) is 25.5 Å². The summed E-state index contributed by atoms with van der Waals surface area (Å²) in [6.07, 6.45) is 0.601. The molecule has 0 bridgehead atoms. The summed E-state index contributed by atoms with van der Waals surface area (Å²) in [4.78, 5) is 28.8. The molecular weight excluding hydrogens is 454 g/mol. The Balaban J connectivity index is 1.61. The van der Waals surface area contributed by atoms with Crippen LogP contribution in [0.2, 0.25) is 5.02 Å². The molecule has 0 saturated heterocycles. The lowest BCUT2D eigenvalue weighted by molar-refractivity contribution is 0.0730. The van der Waals surface area contributed by atoms with Crippen LogP contribution in [-0.4, -0.2) is 31.6 Å². The number of amides is 1. The second-order valence-electron chi connectivity index (χ2n) is 8.09. The van der Waals surface area contributed by atoms with Crippen LogP contribution < -0.4 is 14.9 Å². The molecule has 1 amide bonds. The highest BCUT2D eigenvalue weighted by atomic mass is 35.5. The van der Waals surface area contributed by atoms with Gasteiger partial charge >= 0.3 is 0 Å². The number of hydrogen-bond donors (Lipinski definition) is 0. The maximum absolute atomic E-state index is 13.6. The van der Waals surface area contributed by atoms with E-state index in [1.165, 1.54) is 0 Å². The maximum atomic E-state index is 13.6. The molecule has 0 fully saturated rings. The Labute approximate surface area is 201 Å². The number of nitrogens with zero attached hydrogens (tertiary/aromatic N) is 1. The van der Waals surface area contributed by atoms with Gasteiger partial charge in [0.1, 0.15) is 17.1 Å². The van der Waals surface area contributed by atoms with Gasteiger partial charge in [-0.3, -0.25) is 9.59 Å². The summed E-state index contributed by atoms with van der Waals surface area (Å²) in [7, 11) is 3.20. The number of hydrogen-bond acceptors (Lipinski definition) is 5. The summed E-state index contributed by atoms with van der Waals surface area (Å²) in [5, 5.41) is 0.780. The number of methoxy groups -OCH3 is 2. The van der Waals surface area contributed by atoms with Gasteiger partial charge in [0.15, 0.2) is 5.43 Å². The molecular formula is C27H22ClNO5. The van der Waals surface area contributed by atoms with Crippen molar-refractivity contribution in [2.24, 2.45) is 0 Å². The standard InChI is InChI=1S/C27H22ClNO5/c1-32-19-9-6-16(7-10-19)12-13-29-24(17-4-3-5-20(14-17)33-2)23-25(30)21-15-18(28)8-11-22(21)34-26(23)27(29)31/h3-11,14-15,24H,12-13H2,1-2H3/t24-/m1/s1. The van der Waals surface area contributed by atoms with E-state index in [1.807, 2.05) is 48.5 Å².